The summed E-state index contributed by atoms with van der Waals surface area (Å²) in [4.78, 5) is 3.27. The highest BCUT2D eigenvalue weighted by atomic mass is 79.9. The van der Waals surface area contributed by atoms with E-state index in [1.54, 1.807) is 0 Å². The molecule has 0 aliphatic heterocycles. The van der Waals surface area contributed by atoms with E-state index in [0.29, 0.717) is 5.02 Å². The Morgan fingerprint density at radius 2 is 2.00 bits per heavy atom. The van der Waals surface area contributed by atoms with E-state index >= 15 is 0 Å². The van der Waals surface area contributed by atoms with E-state index in [1.165, 1.54) is 10.9 Å². The van der Waals surface area contributed by atoms with Crippen molar-refractivity contribution in [2.75, 3.05) is 5.32 Å². The van der Waals surface area contributed by atoms with E-state index in [-0.39, 0.29) is 0 Å². The number of anilines is 1. The highest BCUT2D eigenvalue weighted by Gasteiger charge is 2.04. The Morgan fingerprint density at radius 1 is 1.16 bits per heavy atom. The summed E-state index contributed by atoms with van der Waals surface area (Å²) in [5, 5.41) is 5.32. The van der Waals surface area contributed by atoms with Crippen LogP contribution in [-0.4, -0.2) is 4.98 Å². The first-order valence-electron chi connectivity index (χ1n) is 5.98. The van der Waals surface area contributed by atoms with Crippen molar-refractivity contribution in [2.45, 2.75) is 6.54 Å². The molecule has 2 nitrogen and oxygen atoms in total. The molecule has 3 aromatic rings. The minimum atomic E-state index is 0.717. The van der Waals surface area contributed by atoms with Crippen LogP contribution in [0.1, 0.15) is 5.56 Å². The molecule has 2 aromatic carbocycles. The zero-order chi connectivity index (χ0) is 13.2. The standard InChI is InChI=1S/C15H12BrClN2/c16-11-5-6-15(13(17)7-11)19-9-10-8-18-14-4-2-1-3-12(10)14/h1-8,18-19H,9H2. The van der Waals surface area contributed by atoms with Crippen molar-refractivity contribution in [3.8, 4) is 0 Å². The number of aromatic nitrogens is 1. The largest absolute Gasteiger partial charge is 0.380 e. The number of nitrogens with one attached hydrogen (secondary N) is 2. The van der Waals surface area contributed by atoms with E-state index < -0.39 is 0 Å². The number of aromatic amines is 1. The number of H-pyrrole nitrogens is 1. The summed E-state index contributed by atoms with van der Waals surface area (Å²) in [6, 6.07) is 14.1. The molecule has 3 rings (SSSR count). The van der Waals surface area contributed by atoms with Crippen molar-refractivity contribution in [1.29, 1.82) is 0 Å². The van der Waals surface area contributed by atoms with Gasteiger partial charge in [-0.25, -0.2) is 0 Å². The van der Waals surface area contributed by atoms with Gasteiger partial charge < -0.3 is 10.3 Å². The van der Waals surface area contributed by atoms with E-state index in [9.17, 15) is 0 Å². The molecule has 2 N–H and O–H groups in total. The van der Waals surface area contributed by atoms with E-state index in [4.69, 9.17) is 11.6 Å². The Balaban J connectivity index is 1.82. The lowest BCUT2D eigenvalue weighted by Gasteiger charge is -2.08. The molecule has 0 saturated carbocycles. The first-order chi connectivity index (χ1) is 9.24. The monoisotopic (exact) mass is 334 g/mol. The zero-order valence-electron chi connectivity index (χ0n) is 10.1. The fraction of sp³-hybridized carbons (Fsp3) is 0.0667. The molecule has 4 heteroatoms. The molecule has 0 saturated heterocycles. The number of hydrogen-bond acceptors (Lipinski definition) is 1. The highest BCUT2D eigenvalue weighted by Crippen LogP contribution is 2.27. The minimum Gasteiger partial charge on any atom is -0.380 e. The second kappa shape index (κ2) is 5.27. The molecule has 1 aromatic heterocycles. The van der Waals surface area contributed by atoms with Gasteiger partial charge in [0, 0.05) is 28.1 Å². The summed E-state index contributed by atoms with van der Waals surface area (Å²) in [6.45, 7) is 0.741. The van der Waals surface area contributed by atoms with Crippen LogP contribution in [0.5, 0.6) is 0 Å². The molecule has 0 atom stereocenters. The lowest BCUT2D eigenvalue weighted by atomic mass is 10.2. The molecule has 0 aliphatic rings. The lowest BCUT2D eigenvalue weighted by Crippen LogP contribution is -1.99. The van der Waals surface area contributed by atoms with Crippen molar-refractivity contribution < 1.29 is 0 Å². The van der Waals surface area contributed by atoms with Crippen LogP contribution in [0, 0.1) is 0 Å². The Labute approximate surface area is 124 Å². The van der Waals surface area contributed by atoms with Crippen LogP contribution in [-0.2, 0) is 6.54 Å². The predicted molar refractivity (Wildman–Crippen MR) is 84.8 cm³/mol. The van der Waals surface area contributed by atoms with Crippen LogP contribution in [0.3, 0.4) is 0 Å². The van der Waals surface area contributed by atoms with Crippen LogP contribution >= 0.6 is 27.5 Å². The minimum absolute atomic E-state index is 0.717. The Hall–Kier alpha value is -1.45. The third-order valence-electron chi connectivity index (χ3n) is 3.08. The number of fused-ring (bicyclic) bond motifs is 1. The van der Waals surface area contributed by atoms with Gasteiger partial charge in [0.05, 0.1) is 10.7 Å². The number of para-hydroxylation sites is 1. The molecular weight excluding hydrogens is 324 g/mol. The molecule has 19 heavy (non-hydrogen) atoms. The van der Waals surface area contributed by atoms with Crippen molar-refractivity contribution in [3.63, 3.8) is 0 Å². The Kier molecular flexibility index (Phi) is 3.49. The second-order valence-corrected chi connectivity index (χ2v) is 5.66. The number of hydrogen-bond donors (Lipinski definition) is 2. The molecular formula is C15H12BrClN2. The van der Waals surface area contributed by atoms with Crippen molar-refractivity contribution in [3.05, 3.63) is 63.7 Å². The third kappa shape index (κ3) is 2.62. The van der Waals surface area contributed by atoms with E-state index in [2.05, 4.69) is 38.4 Å². The van der Waals surface area contributed by atoms with Crippen LogP contribution in [0.15, 0.2) is 53.1 Å². The molecule has 0 spiro atoms. The maximum atomic E-state index is 6.19. The molecule has 0 radical (unpaired) electrons. The molecule has 0 unspecified atom stereocenters. The Bertz CT molecular complexity index is 721. The van der Waals surface area contributed by atoms with Crippen LogP contribution in [0.2, 0.25) is 5.02 Å². The molecule has 0 fully saturated rings. The predicted octanol–water partition coefficient (Wildman–Crippen LogP) is 5.20. The van der Waals surface area contributed by atoms with Gasteiger partial charge in [-0.1, -0.05) is 45.7 Å². The molecule has 0 bridgehead atoms. The summed E-state index contributed by atoms with van der Waals surface area (Å²) in [5.41, 5.74) is 3.32. The molecule has 0 aliphatic carbocycles. The van der Waals surface area contributed by atoms with Gasteiger partial charge in [0.2, 0.25) is 0 Å². The average Bonchev–Trinajstić information content (AvgIpc) is 2.81. The average molecular weight is 336 g/mol. The quantitative estimate of drug-likeness (QED) is 0.677. The summed E-state index contributed by atoms with van der Waals surface area (Å²) in [7, 11) is 0. The molecule has 96 valence electrons. The van der Waals surface area contributed by atoms with Gasteiger partial charge in [0.15, 0.2) is 0 Å². The number of benzene rings is 2. The van der Waals surface area contributed by atoms with Crippen LogP contribution in [0.25, 0.3) is 10.9 Å². The van der Waals surface area contributed by atoms with Crippen molar-refractivity contribution in [1.82, 2.24) is 4.98 Å². The molecule has 1 heterocycles. The molecule has 0 amide bonds. The second-order valence-electron chi connectivity index (χ2n) is 4.34. The van der Waals surface area contributed by atoms with E-state index in [0.717, 1.165) is 22.2 Å². The van der Waals surface area contributed by atoms with Gasteiger partial charge in [0.25, 0.3) is 0 Å². The van der Waals surface area contributed by atoms with Gasteiger partial charge in [-0.15, -0.1) is 0 Å². The summed E-state index contributed by atoms with van der Waals surface area (Å²) < 4.78 is 0.982. The van der Waals surface area contributed by atoms with Gasteiger partial charge in [-0.05, 0) is 29.8 Å². The topological polar surface area (TPSA) is 27.8 Å². The Morgan fingerprint density at radius 3 is 2.84 bits per heavy atom. The summed E-state index contributed by atoms with van der Waals surface area (Å²) >= 11 is 9.59. The SMILES string of the molecule is Clc1cc(Br)ccc1NCc1c[nH]c2ccccc12. The fourth-order valence-corrected chi connectivity index (χ4v) is 2.84. The van der Waals surface area contributed by atoms with Gasteiger partial charge in [-0.2, -0.15) is 0 Å². The zero-order valence-corrected chi connectivity index (χ0v) is 12.4. The highest BCUT2D eigenvalue weighted by molar-refractivity contribution is 9.10. The number of halogens is 2. The normalized spacial score (nSPS) is 10.8. The van der Waals surface area contributed by atoms with Crippen molar-refractivity contribution in [2.24, 2.45) is 0 Å². The fourth-order valence-electron chi connectivity index (χ4n) is 2.10. The first kappa shape index (κ1) is 12.6. The smallest absolute Gasteiger partial charge is 0.0648 e. The first-order valence-corrected chi connectivity index (χ1v) is 7.15. The van der Waals surface area contributed by atoms with Crippen molar-refractivity contribution >= 4 is 44.1 Å². The van der Waals surface area contributed by atoms with Gasteiger partial charge >= 0.3 is 0 Å². The van der Waals surface area contributed by atoms with Gasteiger partial charge in [0.1, 0.15) is 0 Å². The van der Waals surface area contributed by atoms with Gasteiger partial charge in [-0.3, -0.25) is 0 Å². The summed E-state index contributed by atoms with van der Waals surface area (Å²) in [6.07, 6.45) is 2.03. The van der Waals surface area contributed by atoms with Crippen LogP contribution < -0.4 is 5.32 Å². The lowest BCUT2D eigenvalue weighted by molar-refractivity contribution is 1.16. The summed E-state index contributed by atoms with van der Waals surface area (Å²) in [5.74, 6) is 0. The van der Waals surface area contributed by atoms with Crippen LogP contribution in [0.4, 0.5) is 5.69 Å². The maximum Gasteiger partial charge on any atom is 0.0648 e. The maximum absolute atomic E-state index is 6.19. The number of rotatable bonds is 3. The third-order valence-corrected chi connectivity index (χ3v) is 3.88. The van der Waals surface area contributed by atoms with E-state index in [1.807, 2.05) is 36.5 Å².